The zero-order valence-corrected chi connectivity index (χ0v) is 14.3. The molecule has 0 amide bonds. The number of hydrogen-bond donors (Lipinski definition) is 1. The molecule has 1 unspecified atom stereocenters. The minimum Gasteiger partial charge on any atom is -0.465 e. The molecule has 0 aromatic heterocycles. The molecule has 0 aliphatic rings. The summed E-state index contributed by atoms with van der Waals surface area (Å²) in [5.74, 6) is 0.186. The number of carbonyl (C=O) groups is 1. The average molecular weight is 340 g/mol. The largest absolute Gasteiger partial charge is 0.465 e. The Morgan fingerprint density at radius 1 is 1.48 bits per heavy atom. The van der Waals surface area contributed by atoms with Crippen LogP contribution in [0.25, 0.3) is 0 Å². The highest BCUT2D eigenvalue weighted by molar-refractivity contribution is 8.24. The quantitative estimate of drug-likeness (QED) is 0.467. The molecule has 0 spiro atoms. The molecule has 0 heterocycles. The van der Waals surface area contributed by atoms with Gasteiger partial charge in [-0.2, -0.15) is 17.9 Å². The first-order chi connectivity index (χ1) is 10.0. The van der Waals surface area contributed by atoms with Gasteiger partial charge < -0.3 is 4.74 Å². The summed E-state index contributed by atoms with van der Waals surface area (Å²) >= 11 is 10.7. The summed E-state index contributed by atoms with van der Waals surface area (Å²) < 4.78 is 4.87. The Morgan fingerprint density at radius 3 is 2.71 bits per heavy atom. The van der Waals surface area contributed by atoms with Crippen molar-refractivity contribution in [3.63, 3.8) is 0 Å². The van der Waals surface area contributed by atoms with Crippen molar-refractivity contribution in [2.24, 2.45) is 0 Å². The van der Waals surface area contributed by atoms with Crippen LogP contribution in [-0.2, 0) is 9.53 Å². The van der Waals surface area contributed by atoms with Gasteiger partial charge in [0.2, 0.25) is 0 Å². The second-order valence-corrected chi connectivity index (χ2v) is 7.17. The van der Waals surface area contributed by atoms with Gasteiger partial charge in [0.15, 0.2) is 0 Å². The fourth-order valence-corrected chi connectivity index (χ4v) is 3.23. The van der Waals surface area contributed by atoms with E-state index in [1.807, 2.05) is 30.3 Å². The molecule has 1 aromatic carbocycles. The van der Waals surface area contributed by atoms with Crippen LogP contribution in [0.2, 0.25) is 0 Å². The van der Waals surface area contributed by atoms with Crippen molar-refractivity contribution in [2.45, 2.75) is 24.5 Å². The fourth-order valence-electron chi connectivity index (χ4n) is 1.54. The second kappa shape index (κ2) is 9.08. The van der Waals surface area contributed by atoms with Crippen molar-refractivity contribution in [3.05, 3.63) is 35.9 Å². The Labute approximate surface area is 140 Å². The van der Waals surface area contributed by atoms with Crippen molar-refractivity contribution >= 4 is 46.8 Å². The summed E-state index contributed by atoms with van der Waals surface area (Å²) in [6, 6.07) is 11.8. The van der Waals surface area contributed by atoms with E-state index in [4.69, 9.17) is 17.0 Å². The van der Waals surface area contributed by atoms with Crippen LogP contribution in [0.3, 0.4) is 0 Å². The van der Waals surface area contributed by atoms with Crippen LogP contribution < -0.4 is 0 Å². The van der Waals surface area contributed by atoms with Gasteiger partial charge >= 0.3 is 5.97 Å². The summed E-state index contributed by atoms with van der Waals surface area (Å²) in [5.41, 5.74) is 0.914. The molecule has 1 aromatic rings. The first-order valence-electron chi connectivity index (χ1n) is 6.47. The van der Waals surface area contributed by atoms with Crippen LogP contribution in [0.4, 0.5) is 0 Å². The number of hydrogen-bond acceptors (Lipinski definition) is 6. The lowest BCUT2D eigenvalue weighted by Gasteiger charge is -2.20. The van der Waals surface area contributed by atoms with E-state index in [9.17, 15) is 10.1 Å². The van der Waals surface area contributed by atoms with E-state index >= 15 is 0 Å². The van der Waals surface area contributed by atoms with E-state index in [0.29, 0.717) is 23.0 Å². The molecule has 1 rings (SSSR count). The lowest BCUT2D eigenvalue weighted by atomic mass is 10.1. The van der Waals surface area contributed by atoms with Crippen molar-refractivity contribution in [2.75, 3.05) is 12.4 Å². The van der Waals surface area contributed by atoms with Crippen LogP contribution in [-0.4, -0.2) is 27.3 Å². The number of rotatable bonds is 7. The standard InChI is InChI=1S/C15H17NO2S3/c1-15(11-16,8-7-13(17)18-9-10-19)21-14(20)12-5-3-2-4-6-12/h2-6,19H,7-10H2,1H3. The molecular formula is C15H17NO2S3. The van der Waals surface area contributed by atoms with Gasteiger partial charge in [-0.05, 0) is 18.9 Å². The molecule has 1 atom stereocenters. The zero-order chi connectivity index (χ0) is 15.7. The highest BCUT2D eigenvalue weighted by atomic mass is 32.2. The maximum Gasteiger partial charge on any atom is 0.305 e. The Morgan fingerprint density at radius 2 is 2.14 bits per heavy atom. The smallest absolute Gasteiger partial charge is 0.305 e. The topological polar surface area (TPSA) is 50.1 Å². The molecule has 21 heavy (non-hydrogen) atoms. The average Bonchev–Trinajstić information content (AvgIpc) is 2.51. The molecule has 0 N–H and O–H groups in total. The van der Waals surface area contributed by atoms with Crippen molar-refractivity contribution < 1.29 is 9.53 Å². The Balaban J connectivity index is 2.58. The number of nitriles is 1. The molecule has 0 aliphatic carbocycles. The predicted molar refractivity (Wildman–Crippen MR) is 93.8 cm³/mol. The van der Waals surface area contributed by atoms with Gasteiger partial charge in [-0.3, -0.25) is 4.79 Å². The number of thioether (sulfide) groups is 1. The van der Waals surface area contributed by atoms with Gasteiger partial charge in [0.25, 0.3) is 0 Å². The van der Waals surface area contributed by atoms with Crippen molar-refractivity contribution in [1.82, 2.24) is 0 Å². The van der Waals surface area contributed by atoms with Crippen LogP contribution in [0.15, 0.2) is 30.3 Å². The minimum absolute atomic E-state index is 0.197. The third kappa shape index (κ3) is 6.51. The van der Waals surface area contributed by atoms with E-state index in [0.717, 1.165) is 5.56 Å². The predicted octanol–water partition coefficient (Wildman–Crippen LogP) is 3.63. The summed E-state index contributed by atoms with van der Waals surface area (Å²) in [6.45, 7) is 2.08. The Hall–Kier alpha value is -1.03. The molecule has 0 aliphatic heterocycles. The van der Waals surface area contributed by atoms with Crippen LogP contribution in [0, 0.1) is 11.3 Å². The van der Waals surface area contributed by atoms with Crippen LogP contribution in [0.5, 0.6) is 0 Å². The van der Waals surface area contributed by atoms with Gasteiger partial charge in [0.05, 0.1) is 10.3 Å². The fraction of sp³-hybridized carbons (Fsp3) is 0.400. The number of esters is 1. The van der Waals surface area contributed by atoms with E-state index in [1.165, 1.54) is 11.8 Å². The van der Waals surface area contributed by atoms with Gasteiger partial charge in [-0.15, -0.1) is 0 Å². The highest BCUT2D eigenvalue weighted by Gasteiger charge is 2.28. The highest BCUT2D eigenvalue weighted by Crippen LogP contribution is 2.33. The third-order valence-corrected chi connectivity index (χ3v) is 4.56. The molecule has 0 saturated heterocycles. The van der Waals surface area contributed by atoms with Crippen LogP contribution >= 0.6 is 36.6 Å². The Kier molecular flexibility index (Phi) is 7.79. The molecular weight excluding hydrogens is 322 g/mol. The molecule has 112 valence electrons. The number of ether oxygens (including phenoxy) is 1. The van der Waals surface area contributed by atoms with E-state index < -0.39 is 4.75 Å². The van der Waals surface area contributed by atoms with Gasteiger partial charge in [0.1, 0.15) is 11.4 Å². The van der Waals surface area contributed by atoms with E-state index in [-0.39, 0.29) is 12.4 Å². The number of thiol groups is 1. The number of carbonyl (C=O) groups excluding carboxylic acids is 1. The van der Waals surface area contributed by atoms with Gasteiger partial charge in [0, 0.05) is 12.2 Å². The monoisotopic (exact) mass is 339 g/mol. The maximum absolute atomic E-state index is 11.5. The molecule has 0 bridgehead atoms. The van der Waals surface area contributed by atoms with E-state index in [1.54, 1.807) is 6.92 Å². The summed E-state index contributed by atoms with van der Waals surface area (Å²) in [6.07, 6.45) is 0.592. The summed E-state index contributed by atoms with van der Waals surface area (Å²) in [4.78, 5) is 11.5. The van der Waals surface area contributed by atoms with Crippen LogP contribution in [0.1, 0.15) is 25.3 Å². The molecule has 0 saturated carbocycles. The molecule has 0 fully saturated rings. The molecule has 6 heteroatoms. The Bertz CT molecular complexity index is 527. The number of thiocarbonyl (C=S) groups is 1. The van der Waals surface area contributed by atoms with E-state index in [2.05, 4.69) is 18.7 Å². The third-order valence-electron chi connectivity index (χ3n) is 2.72. The minimum atomic E-state index is -0.743. The number of nitrogens with zero attached hydrogens (tertiary/aromatic N) is 1. The normalized spacial score (nSPS) is 13.0. The first kappa shape index (κ1) is 18.0. The maximum atomic E-state index is 11.5. The van der Waals surface area contributed by atoms with Crippen molar-refractivity contribution in [3.8, 4) is 6.07 Å². The van der Waals surface area contributed by atoms with Crippen molar-refractivity contribution in [1.29, 1.82) is 5.26 Å². The molecule has 0 radical (unpaired) electrons. The number of benzene rings is 1. The van der Waals surface area contributed by atoms with Gasteiger partial charge in [-0.1, -0.05) is 54.3 Å². The van der Waals surface area contributed by atoms with Gasteiger partial charge in [-0.25, -0.2) is 0 Å². The lowest BCUT2D eigenvalue weighted by molar-refractivity contribution is -0.143. The zero-order valence-electron chi connectivity index (χ0n) is 11.7. The summed E-state index contributed by atoms with van der Waals surface area (Å²) in [7, 11) is 0. The lowest BCUT2D eigenvalue weighted by Crippen LogP contribution is -2.22. The first-order valence-corrected chi connectivity index (χ1v) is 8.32. The second-order valence-electron chi connectivity index (χ2n) is 4.54. The summed E-state index contributed by atoms with van der Waals surface area (Å²) in [5, 5.41) is 9.38. The molecule has 3 nitrogen and oxygen atoms in total. The SMILES string of the molecule is CC(C#N)(CCC(=O)OCCS)SC(=S)c1ccccc1.